The van der Waals surface area contributed by atoms with E-state index < -0.39 is 0 Å². The summed E-state index contributed by atoms with van der Waals surface area (Å²) in [7, 11) is 0. The van der Waals surface area contributed by atoms with E-state index in [0.717, 1.165) is 43.5 Å². The number of fused-ring (bicyclic) bond motifs is 1. The molecule has 0 bridgehead atoms. The Morgan fingerprint density at radius 2 is 2.10 bits per heavy atom. The summed E-state index contributed by atoms with van der Waals surface area (Å²) in [5, 5.41) is 2.94. The van der Waals surface area contributed by atoms with Gasteiger partial charge < -0.3 is 10.2 Å². The fourth-order valence-electron chi connectivity index (χ4n) is 2.55. The van der Waals surface area contributed by atoms with Gasteiger partial charge in [-0.2, -0.15) is 0 Å². The Morgan fingerprint density at radius 1 is 1.30 bits per heavy atom. The molecule has 4 heteroatoms. The lowest BCUT2D eigenvalue weighted by Gasteiger charge is -2.14. The fourth-order valence-corrected chi connectivity index (χ4v) is 2.55. The molecule has 0 saturated heterocycles. The van der Waals surface area contributed by atoms with Crippen LogP contribution in [0.4, 0.5) is 5.69 Å². The molecule has 1 aromatic rings. The minimum absolute atomic E-state index is 0.0230. The summed E-state index contributed by atoms with van der Waals surface area (Å²) in [6.45, 7) is 5.15. The van der Waals surface area contributed by atoms with Gasteiger partial charge in [-0.05, 0) is 36.6 Å². The van der Waals surface area contributed by atoms with Gasteiger partial charge in [-0.1, -0.05) is 19.8 Å². The van der Waals surface area contributed by atoms with Gasteiger partial charge >= 0.3 is 0 Å². The zero-order chi connectivity index (χ0) is 14.5. The normalized spacial score (nSPS) is 13.2. The average Bonchev–Trinajstić information content (AvgIpc) is 2.86. The number of hydrogen-bond acceptors (Lipinski definition) is 2. The summed E-state index contributed by atoms with van der Waals surface area (Å²) in [5.74, 6) is 0.0331. The molecule has 1 aliphatic heterocycles. The number of benzene rings is 1. The minimum atomic E-state index is -0.0230. The van der Waals surface area contributed by atoms with Crippen molar-refractivity contribution in [2.45, 2.75) is 39.5 Å². The number of nitrogens with zero attached hydrogens (tertiary/aromatic N) is 1. The Bertz CT molecular complexity index is 511. The van der Waals surface area contributed by atoms with Crippen LogP contribution >= 0.6 is 0 Å². The van der Waals surface area contributed by atoms with E-state index in [1.807, 2.05) is 12.1 Å². The summed E-state index contributed by atoms with van der Waals surface area (Å²) in [5.41, 5.74) is 2.71. The molecule has 1 heterocycles. The van der Waals surface area contributed by atoms with Crippen molar-refractivity contribution < 1.29 is 9.59 Å². The van der Waals surface area contributed by atoms with Crippen molar-refractivity contribution in [3.8, 4) is 0 Å². The maximum absolute atomic E-state index is 12.0. The molecule has 0 aliphatic carbocycles. The summed E-state index contributed by atoms with van der Waals surface area (Å²) >= 11 is 0. The van der Waals surface area contributed by atoms with Crippen molar-refractivity contribution in [2.75, 3.05) is 18.0 Å². The van der Waals surface area contributed by atoms with E-state index in [4.69, 9.17) is 0 Å². The van der Waals surface area contributed by atoms with Gasteiger partial charge in [0.1, 0.15) is 0 Å². The van der Waals surface area contributed by atoms with Crippen molar-refractivity contribution in [2.24, 2.45) is 0 Å². The molecular weight excluding hydrogens is 252 g/mol. The van der Waals surface area contributed by atoms with Crippen LogP contribution in [-0.4, -0.2) is 24.9 Å². The smallest absolute Gasteiger partial charge is 0.251 e. The lowest BCUT2D eigenvalue weighted by Crippen LogP contribution is -2.26. The van der Waals surface area contributed by atoms with Crippen LogP contribution in [0.25, 0.3) is 0 Å². The van der Waals surface area contributed by atoms with Gasteiger partial charge in [0.05, 0.1) is 0 Å². The first-order valence-corrected chi connectivity index (χ1v) is 7.32. The number of carbonyl (C=O) groups excluding carboxylic acids is 2. The molecule has 1 aromatic carbocycles. The van der Waals surface area contributed by atoms with Gasteiger partial charge in [0, 0.05) is 31.3 Å². The van der Waals surface area contributed by atoms with Gasteiger partial charge in [0.15, 0.2) is 0 Å². The molecular formula is C16H22N2O2. The van der Waals surface area contributed by atoms with Crippen LogP contribution in [0.2, 0.25) is 0 Å². The molecule has 108 valence electrons. The Hall–Kier alpha value is -1.84. The quantitative estimate of drug-likeness (QED) is 0.839. The standard InChI is InChI=1S/C16H22N2O2/c1-3-4-5-9-17-16(20)14-6-7-15-13(11-14)8-10-18(15)12(2)19/h6-7,11H,3-5,8-10H2,1-2H3,(H,17,20). The number of unbranched alkanes of at least 4 members (excludes halogenated alkanes) is 2. The van der Waals surface area contributed by atoms with E-state index >= 15 is 0 Å². The molecule has 2 rings (SSSR count). The zero-order valence-corrected chi connectivity index (χ0v) is 12.2. The Kier molecular flexibility index (Phi) is 4.77. The maximum Gasteiger partial charge on any atom is 0.251 e. The van der Waals surface area contributed by atoms with Crippen molar-refractivity contribution in [1.82, 2.24) is 5.32 Å². The van der Waals surface area contributed by atoms with Gasteiger partial charge in [-0.3, -0.25) is 9.59 Å². The summed E-state index contributed by atoms with van der Waals surface area (Å²) in [6, 6.07) is 5.59. The maximum atomic E-state index is 12.0. The fraction of sp³-hybridized carbons (Fsp3) is 0.500. The lowest BCUT2D eigenvalue weighted by molar-refractivity contribution is -0.116. The second-order valence-corrected chi connectivity index (χ2v) is 5.23. The molecule has 0 aromatic heterocycles. The third-order valence-corrected chi connectivity index (χ3v) is 3.68. The highest BCUT2D eigenvalue weighted by Crippen LogP contribution is 2.28. The number of nitrogens with one attached hydrogen (secondary N) is 1. The minimum Gasteiger partial charge on any atom is -0.352 e. The summed E-state index contributed by atoms with van der Waals surface area (Å²) in [4.78, 5) is 25.3. The van der Waals surface area contributed by atoms with Crippen molar-refractivity contribution in [3.63, 3.8) is 0 Å². The van der Waals surface area contributed by atoms with Gasteiger partial charge in [-0.25, -0.2) is 0 Å². The second-order valence-electron chi connectivity index (χ2n) is 5.23. The van der Waals surface area contributed by atoms with Crippen LogP contribution in [-0.2, 0) is 11.2 Å². The highest BCUT2D eigenvalue weighted by molar-refractivity contribution is 5.97. The van der Waals surface area contributed by atoms with Crippen LogP contribution < -0.4 is 10.2 Å². The van der Waals surface area contributed by atoms with Crippen LogP contribution in [0.3, 0.4) is 0 Å². The van der Waals surface area contributed by atoms with Crippen LogP contribution in [0.1, 0.15) is 49.0 Å². The van der Waals surface area contributed by atoms with E-state index in [9.17, 15) is 9.59 Å². The highest BCUT2D eigenvalue weighted by Gasteiger charge is 2.22. The highest BCUT2D eigenvalue weighted by atomic mass is 16.2. The molecule has 0 radical (unpaired) electrons. The van der Waals surface area contributed by atoms with E-state index in [1.165, 1.54) is 0 Å². The van der Waals surface area contributed by atoms with Gasteiger partial charge in [0.2, 0.25) is 5.91 Å². The first-order valence-electron chi connectivity index (χ1n) is 7.32. The topological polar surface area (TPSA) is 49.4 Å². The molecule has 4 nitrogen and oxygen atoms in total. The van der Waals surface area contributed by atoms with Crippen LogP contribution in [0, 0.1) is 0 Å². The molecule has 0 unspecified atom stereocenters. The number of carbonyl (C=O) groups is 2. The lowest BCUT2D eigenvalue weighted by atomic mass is 10.1. The second kappa shape index (κ2) is 6.55. The molecule has 20 heavy (non-hydrogen) atoms. The van der Waals surface area contributed by atoms with Gasteiger partial charge in [0.25, 0.3) is 5.91 Å². The predicted molar refractivity (Wildman–Crippen MR) is 80.0 cm³/mol. The summed E-state index contributed by atoms with van der Waals surface area (Å²) < 4.78 is 0. The monoisotopic (exact) mass is 274 g/mol. The number of amides is 2. The Morgan fingerprint density at radius 3 is 2.80 bits per heavy atom. The summed E-state index contributed by atoms with van der Waals surface area (Å²) in [6.07, 6.45) is 4.13. The van der Waals surface area contributed by atoms with Crippen LogP contribution in [0.15, 0.2) is 18.2 Å². The van der Waals surface area contributed by atoms with Crippen molar-refractivity contribution in [3.05, 3.63) is 29.3 Å². The first kappa shape index (κ1) is 14.6. The Labute approximate surface area is 120 Å². The van der Waals surface area contributed by atoms with Crippen molar-refractivity contribution in [1.29, 1.82) is 0 Å². The molecule has 0 spiro atoms. The molecule has 0 atom stereocenters. The number of rotatable bonds is 5. The van der Waals surface area contributed by atoms with Crippen molar-refractivity contribution >= 4 is 17.5 Å². The molecule has 1 aliphatic rings. The first-order chi connectivity index (χ1) is 9.63. The number of anilines is 1. The zero-order valence-electron chi connectivity index (χ0n) is 12.2. The SMILES string of the molecule is CCCCCNC(=O)c1ccc2c(c1)CCN2C(C)=O. The molecule has 2 amide bonds. The molecule has 0 saturated carbocycles. The predicted octanol–water partition coefficient (Wildman–Crippen LogP) is 2.52. The third-order valence-electron chi connectivity index (χ3n) is 3.68. The van der Waals surface area contributed by atoms with E-state index in [1.54, 1.807) is 17.9 Å². The Balaban J connectivity index is 2.01. The van der Waals surface area contributed by atoms with E-state index in [2.05, 4.69) is 12.2 Å². The number of hydrogen-bond donors (Lipinski definition) is 1. The third kappa shape index (κ3) is 3.18. The van der Waals surface area contributed by atoms with Crippen LogP contribution in [0.5, 0.6) is 0 Å². The molecule has 0 fully saturated rings. The molecule has 1 N–H and O–H groups in total. The largest absolute Gasteiger partial charge is 0.352 e. The average molecular weight is 274 g/mol. The van der Waals surface area contributed by atoms with Gasteiger partial charge in [-0.15, -0.1) is 0 Å². The van der Waals surface area contributed by atoms with E-state index in [-0.39, 0.29) is 11.8 Å². The van der Waals surface area contributed by atoms with E-state index in [0.29, 0.717) is 12.1 Å².